The van der Waals surface area contributed by atoms with E-state index in [1.54, 1.807) is 0 Å². The van der Waals surface area contributed by atoms with E-state index in [9.17, 15) is 0 Å². The molecule has 112 valence electrons. The van der Waals surface area contributed by atoms with E-state index >= 15 is 0 Å². The summed E-state index contributed by atoms with van der Waals surface area (Å²) in [6.07, 6.45) is 3.88. The molecule has 2 N–H and O–H groups in total. The molecule has 1 aliphatic rings. The van der Waals surface area contributed by atoms with E-state index in [0.29, 0.717) is 18.0 Å². The van der Waals surface area contributed by atoms with Crippen LogP contribution in [-0.2, 0) is 0 Å². The smallest absolute Gasteiger partial charge is 0.0470 e. The van der Waals surface area contributed by atoms with Gasteiger partial charge in [0.05, 0.1) is 0 Å². The number of hydrogen-bond acceptors (Lipinski definition) is 2. The minimum atomic E-state index is 0.384. The van der Waals surface area contributed by atoms with Gasteiger partial charge in [-0.3, -0.25) is 4.90 Å². The monoisotopic (exact) mass is 274 g/mol. The minimum Gasteiger partial charge on any atom is -0.329 e. The Morgan fingerprint density at radius 3 is 2.15 bits per heavy atom. The molecule has 1 unspecified atom stereocenters. The van der Waals surface area contributed by atoms with Crippen molar-refractivity contribution < 1.29 is 0 Å². The molecule has 0 aromatic heterocycles. The predicted octanol–water partition coefficient (Wildman–Crippen LogP) is 3.82. The summed E-state index contributed by atoms with van der Waals surface area (Å²) >= 11 is 0. The highest BCUT2D eigenvalue weighted by Crippen LogP contribution is 2.36. The van der Waals surface area contributed by atoms with Crippen molar-refractivity contribution in [3.63, 3.8) is 0 Å². The van der Waals surface area contributed by atoms with Gasteiger partial charge in [0.1, 0.15) is 0 Å². The molecule has 0 amide bonds. The molecule has 0 bridgehead atoms. The first-order valence-corrected chi connectivity index (χ1v) is 8.00. The van der Waals surface area contributed by atoms with Gasteiger partial charge >= 0.3 is 0 Å². The van der Waals surface area contributed by atoms with E-state index in [1.807, 2.05) is 0 Å². The lowest BCUT2D eigenvalue weighted by molar-refractivity contribution is 0.0828. The van der Waals surface area contributed by atoms with Crippen molar-refractivity contribution >= 4 is 0 Å². The summed E-state index contributed by atoms with van der Waals surface area (Å²) in [4.78, 5) is 2.59. The lowest BCUT2D eigenvalue weighted by atomic mass is 9.77. The molecule has 0 saturated carbocycles. The maximum atomic E-state index is 6.09. The Morgan fingerprint density at radius 1 is 1.15 bits per heavy atom. The zero-order valence-corrected chi connectivity index (χ0v) is 13.6. The molecule has 0 spiro atoms. The molecule has 1 aromatic rings. The van der Waals surface area contributed by atoms with Gasteiger partial charge in [0.15, 0.2) is 0 Å². The van der Waals surface area contributed by atoms with Gasteiger partial charge in [-0.1, -0.05) is 49.6 Å². The van der Waals surface area contributed by atoms with Crippen LogP contribution in [0.15, 0.2) is 18.2 Å². The molecule has 2 heteroatoms. The molecule has 1 aromatic carbocycles. The van der Waals surface area contributed by atoms with Crippen LogP contribution in [0.1, 0.15) is 55.8 Å². The average Bonchev–Trinajstić information content (AvgIpc) is 2.41. The largest absolute Gasteiger partial charge is 0.329 e. The van der Waals surface area contributed by atoms with Gasteiger partial charge in [-0.2, -0.15) is 0 Å². The van der Waals surface area contributed by atoms with Crippen molar-refractivity contribution in [2.24, 2.45) is 11.1 Å². The first-order valence-electron chi connectivity index (χ1n) is 8.00. The summed E-state index contributed by atoms with van der Waals surface area (Å²) in [5.74, 6) is 0. The number of nitrogens with two attached hydrogens (primary N) is 1. The van der Waals surface area contributed by atoms with Crippen molar-refractivity contribution in [3.05, 3.63) is 34.9 Å². The zero-order chi connectivity index (χ0) is 14.8. The van der Waals surface area contributed by atoms with Crippen LogP contribution in [0.5, 0.6) is 0 Å². The highest BCUT2D eigenvalue weighted by molar-refractivity contribution is 5.31. The molecule has 0 aliphatic carbocycles. The van der Waals surface area contributed by atoms with Gasteiger partial charge in [0.2, 0.25) is 0 Å². The Morgan fingerprint density at radius 2 is 1.70 bits per heavy atom. The lowest BCUT2D eigenvalue weighted by Crippen LogP contribution is -2.42. The topological polar surface area (TPSA) is 29.3 Å². The van der Waals surface area contributed by atoms with Crippen LogP contribution in [0.3, 0.4) is 0 Å². The fourth-order valence-electron chi connectivity index (χ4n) is 3.43. The molecular formula is C18H30N2. The Kier molecular flexibility index (Phi) is 4.87. The summed E-state index contributed by atoms with van der Waals surface area (Å²) < 4.78 is 0. The van der Waals surface area contributed by atoms with Gasteiger partial charge in [0, 0.05) is 12.6 Å². The average molecular weight is 274 g/mol. The Balaban J connectivity index is 2.13. The fourth-order valence-corrected chi connectivity index (χ4v) is 3.43. The van der Waals surface area contributed by atoms with E-state index in [0.717, 1.165) is 0 Å². The van der Waals surface area contributed by atoms with Crippen LogP contribution in [0.4, 0.5) is 0 Å². The maximum Gasteiger partial charge on any atom is 0.0470 e. The molecule has 1 atom stereocenters. The second-order valence-corrected chi connectivity index (χ2v) is 6.87. The Bertz CT molecular complexity index is 424. The molecular weight excluding hydrogens is 244 g/mol. The van der Waals surface area contributed by atoms with E-state index in [1.165, 1.54) is 49.0 Å². The highest BCUT2D eigenvalue weighted by Gasteiger charge is 2.31. The van der Waals surface area contributed by atoms with E-state index < -0.39 is 0 Å². The normalized spacial score (nSPS) is 20.9. The van der Waals surface area contributed by atoms with E-state index in [-0.39, 0.29) is 0 Å². The van der Waals surface area contributed by atoms with Crippen LogP contribution < -0.4 is 5.73 Å². The fraction of sp³-hybridized carbons (Fsp3) is 0.667. The van der Waals surface area contributed by atoms with Crippen molar-refractivity contribution in [1.82, 2.24) is 4.90 Å². The van der Waals surface area contributed by atoms with Crippen molar-refractivity contribution in [2.75, 3.05) is 19.6 Å². The number of nitrogens with zero attached hydrogens (tertiary/aromatic N) is 1. The van der Waals surface area contributed by atoms with Crippen LogP contribution in [0.2, 0.25) is 0 Å². The third kappa shape index (κ3) is 3.42. The third-order valence-electron chi connectivity index (χ3n) is 5.15. The molecule has 20 heavy (non-hydrogen) atoms. The van der Waals surface area contributed by atoms with Gasteiger partial charge in [-0.25, -0.2) is 0 Å². The summed E-state index contributed by atoms with van der Waals surface area (Å²) in [5.41, 5.74) is 10.7. The summed E-state index contributed by atoms with van der Waals surface area (Å²) in [6.45, 7) is 12.2. The first-order chi connectivity index (χ1) is 9.47. The number of piperidine rings is 1. The number of hydrogen-bond donors (Lipinski definition) is 1. The van der Waals surface area contributed by atoms with Gasteiger partial charge in [-0.15, -0.1) is 0 Å². The standard InChI is InChI=1S/C18H30N2/c1-5-18(4)6-8-20(9-7-18)17(13-19)16-11-14(2)10-15(3)12-16/h10-12,17H,5-9,13,19H2,1-4H3. The quantitative estimate of drug-likeness (QED) is 0.904. The second kappa shape index (κ2) is 6.28. The number of rotatable bonds is 4. The van der Waals surface area contributed by atoms with Crippen LogP contribution >= 0.6 is 0 Å². The highest BCUT2D eigenvalue weighted by atomic mass is 15.2. The van der Waals surface area contributed by atoms with Gasteiger partial charge in [0.25, 0.3) is 0 Å². The third-order valence-corrected chi connectivity index (χ3v) is 5.15. The predicted molar refractivity (Wildman–Crippen MR) is 86.9 cm³/mol. The molecule has 1 heterocycles. The number of likely N-dealkylation sites (tertiary alicyclic amines) is 1. The molecule has 0 radical (unpaired) electrons. The van der Waals surface area contributed by atoms with Gasteiger partial charge < -0.3 is 5.73 Å². The summed E-state index contributed by atoms with van der Waals surface area (Å²) in [6, 6.07) is 7.23. The minimum absolute atomic E-state index is 0.384. The van der Waals surface area contributed by atoms with Gasteiger partial charge in [-0.05, 0) is 50.8 Å². The zero-order valence-electron chi connectivity index (χ0n) is 13.6. The van der Waals surface area contributed by atoms with Crippen molar-refractivity contribution in [2.45, 2.75) is 53.0 Å². The molecule has 1 fully saturated rings. The SMILES string of the molecule is CCC1(C)CCN(C(CN)c2cc(C)cc(C)c2)CC1. The van der Waals surface area contributed by atoms with Crippen LogP contribution in [0.25, 0.3) is 0 Å². The van der Waals surface area contributed by atoms with Crippen molar-refractivity contribution in [3.8, 4) is 0 Å². The molecule has 2 nitrogen and oxygen atoms in total. The van der Waals surface area contributed by atoms with Crippen molar-refractivity contribution in [1.29, 1.82) is 0 Å². The molecule has 2 rings (SSSR count). The lowest BCUT2D eigenvalue weighted by Gasteiger charge is -2.42. The Hall–Kier alpha value is -0.860. The van der Waals surface area contributed by atoms with Crippen LogP contribution in [-0.4, -0.2) is 24.5 Å². The molecule has 1 saturated heterocycles. The first kappa shape index (κ1) is 15.5. The van der Waals surface area contributed by atoms with E-state index in [2.05, 4.69) is 50.8 Å². The second-order valence-electron chi connectivity index (χ2n) is 6.87. The summed E-state index contributed by atoms with van der Waals surface area (Å²) in [7, 11) is 0. The molecule has 1 aliphatic heterocycles. The summed E-state index contributed by atoms with van der Waals surface area (Å²) in [5, 5.41) is 0. The number of benzene rings is 1. The maximum absolute atomic E-state index is 6.09. The van der Waals surface area contributed by atoms with E-state index in [4.69, 9.17) is 5.73 Å². The number of aryl methyl sites for hydroxylation is 2. The van der Waals surface area contributed by atoms with Crippen LogP contribution in [0, 0.1) is 19.3 Å². The Labute approximate surface area is 124 Å².